The highest BCUT2D eigenvalue weighted by atomic mass is 32.1. The summed E-state index contributed by atoms with van der Waals surface area (Å²) >= 11 is 5.50. The Morgan fingerprint density at radius 1 is 1.32 bits per heavy atom. The van der Waals surface area contributed by atoms with E-state index in [1.54, 1.807) is 7.11 Å². The first kappa shape index (κ1) is 17.0. The summed E-state index contributed by atoms with van der Waals surface area (Å²) in [5.74, 6) is 0.852. The number of thiocarbonyl (C=S) groups is 1. The minimum absolute atomic E-state index is 0.0810. The Balaban J connectivity index is 1.94. The van der Waals surface area contributed by atoms with E-state index in [1.165, 1.54) is 12.8 Å². The van der Waals surface area contributed by atoms with Gasteiger partial charge in [-0.25, -0.2) is 0 Å². The second kappa shape index (κ2) is 8.34. The van der Waals surface area contributed by atoms with Crippen LogP contribution < -0.4 is 15.4 Å². The Hall–Kier alpha value is -1.33. The van der Waals surface area contributed by atoms with Crippen LogP contribution in [0.3, 0.4) is 0 Å². The standard InChI is InChI=1S/C17H26N2O2S/c1-3-21-15-8-6-7-14(13-15)18-16(22)19-17(11-12-20-2)9-4-5-10-17/h6-8,13H,3-5,9-12H2,1-2H3,(H2,18,19,22). The molecule has 2 rings (SSSR count). The van der Waals surface area contributed by atoms with E-state index < -0.39 is 0 Å². The predicted octanol–water partition coefficient (Wildman–Crippen LogP) is 3.72. The molecule has 122 valence electrons. The Bertz CT molecular complexity index is 487. The SMILES string of the molecule is CCOc1cccc(NC(=S)NC2(CCOC)CCCC2)c1. The summed E-state index contributed by atoms with van der Waals surface area (Å²) < 4.78 is 10.8. The molecule has 0 radical (unpaired) electrons. The highest BCUT2D eigenvalue weighted by Crippen LogP contribution is 2.32. The van der Waals surface area contributed by atoms with Crippen LogP contribution in [-0.2, 0) is 4.74 Å². The van der Waals surface area contributed by atoms with Crippen LogP contribution in [0.2, 0.25) is 0 Å². The molecule has 0 saturated heterocycles. The topological polar surface area (TPSA) is 42.5 Å². The van der Waals surface area contributed by atoms with Crippen LogP contribution in [0.4, 0.5) is 5.69 Å². The number of anilines is 1. The van der Waals surface area contributed by atoms with Crippen molar-refractivity contribution in [1.82, 2.24) is 5.32 Å². The maximum atomic E-state index is 5.51. The predicted molar refractivity (Wildman–Crippen MR) is 94.7 cm³/mol. The zero-order valence-electron chi connectivity index (χ0n) is 13.5. The van der Waals surface area contributed by atoms with Crippen molar-refractivity contribution >= 4 is 23.0 Å². The van der Waals surface area contributed by atoms with Crippen LogP contribution in [0, 0.1) is 0 Å². The van der Waals surface area contributed by atoms with Gasteiger partial charge in [-0.15, -0.1) is 0 Å². The van der Waals surface area contributed by atoms with Gasteiger partial charge in [0.1, 0.15) is 5.75 Å². The second-order valence-electron chi connectivity index (χ2n) is 5.77. The molecule has 1 aliphatic carbocycles. The highest BCUT2D eigenvalue weighted by molar-refractivity contribution is 7.80. The van der Waals surface area contributed by atoms with Gasteiger partial charge in [-0.2, -0.15) is 0 Å². The van der Waals surface area contributed by atoms with Crippen molar-refractivity contribution in [3.8, 4) is 5.75 Å². The molecule has 0 atom stereocenters. The summed E-state index contributed by atoms with van der Waals surface area (Å²) in [6.07, 6.45) is 5.79. The van der Waals surface area contributed by atoms with Gasteiger partial charge in [0.25, 0.3) is 0 Å². The fourth-order valence-corrected chi connectivity index (χ4v) is 3.35. The Morgan fingerprint density at radius 3 is 2.77 bits per heavy atom. The summed E-state index contributed by atoms with van der Waals surface area (Å²) in [4.78, 5) is 0. The summed E-state index contributed by atoms with van der Waals surface area (Å²) in [6.45, 7) is 3.40. The third-order valence-corrected chi connectivity index (χ3v) is 4.33. The zero-order chi connectivity index (χ0) is 15.8. The number of hydrogen-bond acceptors (Lipinski definition) is 3. The lowest BCUT2D eigenvalue weighted by Crippen LogP contribution is -2.48. The molecule has 2 N–H and O–H groups in total. The lowest BCUT2D eigenvalue weighted by molar-refractivity contribution is 0.163. The molecular weight excluding hydrogens is 296 g/mol. The van der Waals surface area contributed by atoms with Crippen molar-refractivity contribution in [3.63, 3.8) is 0 Å². The van der Waals surface area contributed by atoms with E-state index in [-0.39, 0.29) is 5.54 Å². The maximum Gasteiger partial charge on any atom is 0.171 e. The molecule has 0 unspecified atom stereocenters. The van der Waals surface area contributed by atoms with Gasteiger partial charge in [-0.05, 0) is 50.5 Å². The molecular formula is C17H26N2O2S. The van der Waals surface area contributed by atoms with Gasteiger partial charge in [0.2, 0.25) is 0 Å². The Kier molecular flexibility index (Phi) is 6.46. The molecule has 0 aromatic heterocycles. The van der Waals surface area contributed by atoms with E-state index in [1.807, 2.05) is 31.2 Å². The summed E-state index contributed by atoms with van der Waals surface area (Å²) in [6, 6.07) is 7.87. The van der Waals surface area contributed by atoms with Gasteiger partial charge in [-0.1, -0.05) is 18.9 Å². The van der Waals surface area contributed by atoms with Gasteiger partial charge in [0.05, 0.1) is 6.61 Å². The van der Waals surface area contributed by atoms with Crippen LogP contribution in [-0.4, -0.2) is 31.0 Å². The molecule has 0 amide bonds. The van der Waals surface area contributed by atoms with Crippen molar-refractivity contribution in [1.29, 1.82) is 0 Å². The molecule has 1 fully saturated rings. The van der Waals surface area contributed by atoms with Gasteiger partial charge >= 0.3 is 0 Å². The lowest BCUT2D eigenvalue weighted by Gasteiger charge is -2.31. The first-order chi connectivity index (χ1) is 10.7. The molecule has 5 heteroatoms. The van der Waals surface area contributed by atoms with Gasteiger partial charge in [0, 0.05) is 31.0 Å². The summed E-state index contributed by atoms with van der Waals surface area (Å²) in [7, 11) is 1.75. The van der Waals surface area contributed by atoms with Crippen molar-refractivity contribution in [3.05, 3.63) is 24.3 Å². The molecule has 1 saturated carbocycles. The first-order valence-corrected chi connectivity index (χ1v) is 8.39. The van der Waals surface area contributed by atoms with Crippen LogP contribution in [0.15, 0.2) is 24.3 Å². The van der Waals surface area contributed by atoms with Crippen LogP contribution in [0.25, 0.3) is 0 Å². The van der Waals surface area contributed by atoms with E-state index in [4.69, 9.17) is 21.7 Å². The van der Waals surface area contributed by atoms with Gasteiger partial charge in [-0.3, -0.25) is 0 Å². The molecule has 1 aromatic carbocycles. The number of ether oxygens (including phenoxy) is 2. The number of benzene rings is 1. The number of nitrogens with one attached hydrogen (secondary N) is 2. The van der Waals surface area contributed by atoms with Gasteiger partial charge in [0.15, 0.2) is 5.11 Å². The number of methoxy groups -OCH3 is 1. The number of rotatable bonds is 7. The van der Waals surface area contributed by atoms with Crippen molar-refractivity contribution in [2.24, 2.45) is 0 Å². The van der Waals surface area contributed by atoms with Crippen LogP contribution in [0.1, 0.15) is 39.0 Å². The van der Waals surface area contributed by atoms with Crippen LogP contribution >= 0.6 is 12.2 Å². The minimum atomic E-state index is 0.0810. The van der Waals surface area contributed by atoms with E-state index in [0.29, 0.717) is 11.7 Å². The van der Waals surface area contributed by atoms with Crippen LogP contribution in [0.5, 0.6) is 5.75 Å². The number of hydrogen-bond donors (Lipinski definition) is 2. The average molecular weight is 322 g/mol. The van der Waals surface area contributed by atoms with Gasteiger partial charge < -0.3 is 20.1 Å². The molecule has 0 heterocycles. The van der Waals surface area contributed by atoms with E-state index >= 15 is 0 Å². The molecule has 0 aliphatic heterocycles. The Morgan fingerprint density at radius 2 is 2.09 bits per heavy atom. The molecule has 1 aliphatic rings. The zero-order valence-corrected chi connectivity index (χ0v) is 14.3. The smallest absolute Gasteiger partial charge is 0.171 e. The summed E-state index contributed by atoms with van der Waals surface area (Å²) in [5.41, 5.74) is 1.03. The Labute approximate surface area is 138 Å². The minimum Gasteiger partial charge on any atom is -0.494 e. The van der Waals surface area contributed by atoms with Crippen molar-refractivity contribution in [2.45, 2.75) is 44.6 Å². The maximum absolute atomic E-state index is 5.51. The monoisotopic (exact) mass is 322 g/mol. The molecule has 1 aromatic rings. The molecule has 0 bridgehead atoms. The highest BCUT2D eigenvalue weighted by Gasteiger charge is 2.33. The quantitative estimate of drug-likeness (QED) is 0.749. The largest absolute Gasteiger partial charge is 0.494 e. The summed E-state index contributed by atoms with van der Waals surface area (Å²) in [5, 5.41) is 7.47. The molecule has 4 nitrogen and oxygen atoms in total. The van der Waals surface area contributed by atoms with Crippen molar-refractivity contribution < 1.29 is 9.47 Å². The van der Waals surface area contributed by atoms with E-state index in [9.17, 15) is 0 Å². The van der Waals surface area contributed by atoms with E-state index in [0.717, 1.165) is 37.3 Å². The normalized spacial score (nSPS) is 16.3. The lowest BCUT2D eigenvalue weighted by atomic mass is 9.94. The molecule has 22 heavy (non-hydrogen) atoms. The fraction of sp³-hybridized carbons (Fsp3) is 0.588. The second-order valence-corrected chi connectivity index (χ2v) is 6.18. The molecule has 0 spiro atoms. The third kappa shape index (κ3) is 4.85. The van der Waals surface area contributed by atoms with E-state index in [2.05, 4.69) is 10.6 Å². The fourth-order valence-electron chi connectivity index (χ4n) is 3.02. The average Bonchev–Trinajstić information content (AvgIpc) is 2.94. The first-order valence-electron chi connectivity index (χ1n) is 7.98. The third-order valence-electron chi connectivity index (χ3n) is 4.13. The van der Waals surface area contributed by atoms with Crippen molar-refractivity contribution in [2.75, 3.05) is 25.6 Å².